The van der Waals surface area contributed by atoms with E-state index in [4.69, 9.17) is 9.47 Å². The Morgan fingerprint density at radius 3 is 2.10 bits per heavy atom. The summed E-state index contributed by atoms with van der Waals surface area (Å²) in [7, 11) is -1.03. The fraction of sp³-hybridized carbons (Fsp3) is 0.174. The summed E-state index contributed by atoms with van der Waals surface area (Å²) in [4.78, 5) is 12.7. The zero-order valence-corrected chi connectivity index (χ0v) is 18.5. The third-order valence-electron chi connectivity index (χ3n) is 4.68. The maximum atomic E-state index is 13.0. The van der Waals surface area contributed by atoms with Gasteiger partial charge in [-0.2, -0.15) is 0 Å². The number of benzene rings is 3. The van der Waals surface area contributed by atoms with Gasteiger partial charge in [-0.3, -0.25) is 9.52 Å². The topological polar surface area (TPSA) is 93.7 Å². The lowest BCUT2D eigenvalue weighted by Gasteiger charge is -2.17. The number of methoxy groups -OCH3 is 2. The van der Waals surface area contributed by atoms with Crippen LogP contribution in [0.4, 0.5) is 11.4 Å². The molecule has 0 atom stereocenters. The van der Waals surface area contributed by atoms with Crippen molar-refractivity contribution in [3.05, 3.63) is 77.4 Å². The van der Waals surface area contributed by atoms with E-state index in [-0.39, 0.29) is 28.0 Å². The molecule has 3 aromatic carbocycles. The fourth-order valence-corrected chi connectivity index (χ4v) is 4.45. The van der Waals surface area contributed by atoms with Crippen LogP contribution in [0.25, 0.3) is 0 Å². The molecule has 3 aromatic rings. The minimum absolute atomic E-state index is 0.176. The second-order valence-corrected chi connectivity index (χ2v) is 8.60. The molecule has 0 aliphatic rings. The van der Waals surface area contributed by atoms with Crippen molar-refractivity contribution in [2.45, 2.75) is 18.7 Å². The van der Waals surface area contributed by atoms with Gasteiger partial charge in [0.2, 0.25) is 0 Å². The fourth-order valence-electron chi connectivity index (χ4n) is 3.06. The first-order valence-corrected chi connectivity index (χ1v) is 11.0. The van der Waals surface area contributed by atoms with Gasteiger partial charge >= 0.3 is 0 Å². The van der Waals surface area contributed by atoms with Gasteiger partial charge in [-0.05, 0) is 43.2 Å². The Morgan fingerprint density at radius 1 is 0.839 bits per heavy atom. The largest absolute Gasteiger partial charge is 0.494 e. The number of nitrogens with one attached hydrogen (secondary N) is 2. The predicted octanol–water partition coefficient (Wildman–Crippen LogP) is 4.37. The Kier molecular flexibility index (Phi) is 6.50. The minimum Gasteiger partial charge on any atom is -0.494 e. The predicted molar refractivity (Wildman–Crippen MR) is 121 cm³/mol. The van der Waals surface area contributed by atoms with Crippen LogP contribution in [0.1, 0.15) is 21.5 Å². The Hall–Kier alpha value is -3.52. The summed E-state index contributed by atoms with van der Waals surface area (Å²) < 4.78 is 39.3. The van der Waals surface area contributed by atoms with Gasteiger partial charge in [-0.25, -0.2) is 8.42 Å². The van der Waals surface area contributed by atoms with Crippen LogP contribution in [0, 0.1) is 13.8 Å². The van der Waals surface area contributed by atoms with Crippen molar-refractivity contribution in [2.75, 3.05) is 24.3 Å². The molecule has 0 saturated heterocycles. The Balaban J connectivity index is 1.97. The molecule has 0 spiro atoms. The summed E-state index contributed by atoms with van der Waals surface area (Å²) in [6.45, 7) is 3.56. The van der Waals surface area contributed by atoms with E-state index in [1.165, 1.54) is 26.4 Å². The number of carbonyl (C=O) groups excluding carboxylic acids is 1. The number of aryl methyl sites for hydroxylation is 2. The van der Waals surface area contributed by atoms with Crippen molar-refractivity contribution in [1.82, 2.24) is 0 Å². The van der Waals surface area contributed by atoms with Gasteiger partial charge in [0.1, 0.15) is 11.5 Å². The molecule has 0 aliphatic heterocycles. The van der Waals surface area contributed by atoms with Crippen LogP contribution < -0.4 is 19.5 Å². The van der Waals surface area contributed by atoms with Crippen LogP contribution in [0.3, 0.4) is 0 Å². The van der Waals surface area contributed by atoms with Crippen LogP contribution in [0.2, 0.25) is 0 Å². The molecular formula is C23H24N2O5S. The average Bonchev–Trinajstić information content (AvgIpc) is 2.76. The summed E-state index contributed by atoms with van der Waals surface area (Å²) in [5.41, 5.74) is 2.47. The highest BCUT2D eigenvalue weighted by atomic mass is 32.2. The normalized spacial score (nSPS) is 11.0. The highest BCUT2D eigenvalue weighted by molar-refractivity contribution is 7.92. The van der Waals surface area contributed by atoms with Gasteiger partial charge < -0.3 is 14.8 Å². The molecule has 31 heavy (non-hydrogen) atoms. The molecule has 162 valence electrons. The molecule has 0 aliphatic carbocycles. The summed E-state index contributed by atoms with van der Waals surface area (Å²) in [6.07, 6.45) is 0. The van der Waals surface area contributed by atoms with Crippen molar-refractivity contribution in [3.8, 4) is 11.5 Å². The van der Waals surface area contributed by atoms with Crippen LogP contribution >= 0.6 is 0 Å². The van der Waals surface area contributed by atoms with Gasteiger partial charge in [0, 0.05) is 17.7 Å². The third-order valence-corrected chi connectivity index (χ3v) is 6.19. The maximum absolute atomic E-state index is 13.0. The van der Waals surface area contributed by atoms with E-state index in [1.54, 1.807) is 43.3 Å². The summed E-state index contributed by atoms with van der Waals surface area (Å²) in [5.74, 6) is 0.187. The van der Waals surface area contributed by atoms with Crippen LogP contribution in [0.15, 0.2) is 65.6 Å². The molecule has 0 saturated carbocycles. The number of sulfonamides is 1. The smallest absolute Gasteiger partial charge is 0.262 e. The molecule has 2 N–H and O–H groups in total. The lowest BCUT2D eigenvalue weighted by molar-refractivity contribution is 0.102. The van der Waals surface area contributed by atoms with Crippen LogP contribution in [-0.4, -0.2) is 28.5 Å². The molecule has 0 aromatic heterocycles. The number of amides is 1. The van der Waals surface area contributed by atoms with Gasteiger partial charge in [0.15, 0.2) is 0 Å². The monoisotopic (exact) mass is 440 g/mol. The second kappa shape index (κ2) is 9.09. The van der Waals surface area contributed by atoms with E-state index in [0.717, 1.165) is 5.56 Å². The number of carbonyl (C=O) groups is 1. The van der Waals surface area contributed by atoms with Gasteiger partial charge in [-0.15, -0.1) is 0 Å². The zero-order chi connectivity index (χ0) is 22.6. The molecule has 0 radical (unpaired) electrons. The van der Waals surface area contributed by atoms with Crippen molar-refractivity contribution in [1.29, 1.82) is 0 Å². The van der Waals surface area contributed by atoms with E-state index in [2.05, 4.69) is 10.0 Å². The van der Waals surface area contributed by atoms with Crippen LogP contribution in [-0.2, 0) is 10.0 Å². The number of rotatable bonds is 7. The standard InChI is InChI=1S/C23H24N2O5S/c1-15-10-11-16(2)22(12-15)31(27,28)25-19-14-20(29-3)18(13-21(19)30-4)24-23(26)17-8-6-5-7-9-17/h5-14,25H,1-4H3,(H,24,26). The van der Waals surface area contributed by atoms with Gasteiger partial charge in [0.05, 0.1) is 30.5 Å². The zero-order valence-electron chi connectivity index (χ0n) is 17.7. The molecule has 0 unspecified atom stereocenters. The van der Waals surface area contributed by atoms with E-state index >= 15 is 0 Å². The average molecular weight is 441 g/mol. The van der Waals surface area contributed by atoms with Crippen molar-refractivity contribution in [3.63, 3.8) is 0 Å². The molecule has 7 nitrogen and oxygen atoms in total. The van der Waals surface area contributed by atoms with E-state index in [1.807, 2.05) is 19.1 Å². The van der Waals surface area contributed by atoms with E-state index < -0.39 is 10.0 Å². The quantitative estimate of drug-likeness (QED) is 0.569. The second-order valence-electron chi connectivity index (χ2n) is 6.95. The van der Waals surface area contributed by atoms with Gasteiger partial charge in [0.25, 0.3) is 15.9 Å². The highest BCUT2D eigenvalue weighted by Gasteiger charge is 2.21. The Morgan fingerprint density at radius 2 is 1.45 bits per heavy atom. The molecule has 8 heteroatoms. The SMILES string of the molecule is COc1cc(NS(=O)(=O)c2cc(C)ccc2C)c(OC)cc1NC(=O)c1ccccc1. The van der Waals surface area contributed by atoms with Gasteiger partial charge in [-0.1, -0.05) is 30.3 Å². The summed E-state index contributed by atoms with van der Waals surface area (Å²) >= 11 is 0. The van der Waals surface area contributed by atoms with Crippen molar-refractivity contribution in [2.24, 2.45) is 0 Å². The number of anilines is 2. The van der Waals surface area contributed by atoms with Crippen molar-refractivity contribution >= 4 is 27.3 Å². The number of hydrogen-bond acceptors (Lipinski definition) is 5. The Labute approximate surface area is 182 Å². The number of ether oxygens (including phenoxy) is 2. The highest BCUT2D eigenvalue weighted by Crippen LogP contribution is 2.38. The third kappa shape index (κ3) is 4.97. The maximum Gasteiger partial charge on any atom is 0.262 e. The molecule has 3 rings (SSSR count). The first-order chi connectivity index (χ1) is 14.7. The van der Waals surface area contributed by atoms with E-state index in [9.17, 15) is 13.2 Å². The first-order valence-electron chi connectivity index (χ1n) is 9.47. The molecule has 1 amide bonds. The van der Waals surface area contributed by atoms with Crippen LogP contribution in [0.5, 0.6) is 11.5 Å². The molecule has 0 fully saturated rings. The molecular weight excluding hydrogens is 416 g/mol. The molecule has 0 bridgehead atoms. The first kappa shape index (κ1) is 22.2. The number of hydrogen-bond donors (Lipinski definition) is 2. The summed E-state index contributed by atoms with van der Waals surface area (Å²) in [5, 5.41) is 2.77. The van der Waals surface area contributed by atoms with E-state index in [0.29, 0.717) is 16.8 Å². The minimum atomic E-state index is -3.88. The summed E-state index contributed by atoms with van der Waals surface area (Å²) in [6, 6.07) is 16.9. The lowest BCUT2D eigenvalue weighted by Crippen LogP contribution is -2.16. The molecule has 0 heterocycles. The lowest BCUT2D eigenvalue weighted by atomic mass is 10.2. The Bertz CT molecular complexity index is 1210. The van der Waals surface area contributed by atoms with Crippen molar-refractivity contribution < 1.29 is 22.7 Å².